The molecule has 0 N–H and O–H groups in total. The number of non-ortho nitro benzene ring substituents is 1. The molecule has 2 aromatic carbocycles. The van der Waals surface area contributed by atoms with Crippen molar-refractivity contribution < 1.29 is 28.7 Å². The molecule has 5 aromatic rings. The largest absolute Gasteiger partial charge is 0.491 e. The first-order chi connectivity index (χ1) is 23.7. The summed E-state index contributed by atoms with van der Waals surface area (Å²) in [4.78, 5) is 46.2. The number of piperidine rings is 1. The summed E-state index contributed by atoms with van der Waals surface area (Å²) in [6, 6.07) is 13.4. The third-order valence-corrected chi connectivity index (χ3v) is 9.80. The summed E-state index contributed by atoms with van der Waals surface area (Å²) < 4.78 is 26.2. The Morgan fingerprint density at radius 1 is 1.06 bits per heavy atom. The van der Waals surface area contributed by atoms with Gasteiger partial charge in [0.1, 0.15) is 29.4 Å². The molecule has 0 atom stereocenters. The van der Waals surface area contributed by atoms with E-state index in [0.29, 0.717) is 52.5 Å². The Morgan fingerprint density at radius 3 is 2.53 bits per heavy atom. The number of esters is 1. The standard InChI is InChI=1S/C33H31IN6O8S/c1-37-20-28(26-10-13-39(49-34)30(26)32(37)41)27-16-21(40(43)44)6-7-29(27)48-25-5-3-4-24(17-25)47-15-14-46-23-8-11-38(12-9-23)22-18-35-31(36-19-22)33(42)45-2/h3-7,10,13,16-20,23H,8-9,11-12,14-15H2,1-2H3. The fourth-order valence-electron chi connectivity index (χ4n) is 5.62. The minimum Gasteiger partial charge on any atom is -0.491 e. The number of benzene rings is 2. The number of aromatic nitrogens is 4. The molecular weight excluding hydrogens is 767 g/mol. The molecule has 0 radical (unpaired) electrons. The summed E-state index contributed by atoms with van der Waals surface area (Å²) in [5.41, 5.74) is 2.13. The maximum Gasteiger partial charge on any atom is 0.376 e. The van der Waals surface area contributed by atoms with Crippen LogP contribution in [-0.2, 0) is 16.5 Å². The SMILES string of the molecule is COC(=O)c1ncc(N2CCC(OCCOc3cccc(Oc4ccc([N+](=O)[O-])cc4-c4cn(C)c(=O)c5c4ccn5SI)c3)CC2)cn1. The van der Waals surface area contributed by atoms with E-state index in [2.05, 4.69) is 40.8 Å². The molecule has 0 aliphatic carbocycles. The number of anilines is 1. The van der Waals surface area contributed by atoms with Crippen molar-refractivity contribution in [2.45, 2.75) is 18.9 Å². The summed E-state index contributed by atoms with van der Waals surface area (Å²) in [5, 5.41) is 12.4. The highest BCUT2D eigenvalue weighted by Gasteiger charge is 2.22. The molecule has 0 saturated carbocycles. The van der Waals surface area contributed by atoms with Gasteiger partial charge in [-0.15, -0.1) is 0 Å². The first kappa shape index (κ1) is 34.2. The van der Waals surface area contributed by atoms with Crippen molar-refractivity contribution >= 4 is 58.6 Å². The van der Waals surface area contributed by atoms with Crippen molar-refractivity contribution in [3.63, 3.8) is 0 Å². The number of carbonyl (C=O) groups is 1. The zero-order valence-electron chi connectivity index (χ0n) is 26.5. The number of nitro groups is 1. The first-order valence-electron chi connectivity index (χ1n) is 15.2. The minimum absolute atomic E-state index is 0.0298. The molecule has 1 fully saturated rings. The van der Waals surface area contributed by atoms with Crippen LogP contribution in [0, 0.1) is 10.1 Å². The fraction of sp³-hybridized carbons (Fsp3) is 0.273. The second-order valence-electron chi connectivity index (χ2n) is 11.1. The summed E-state index contributed by atoms with van der Waals surface area (Å²) in [7, 11) is 4.30. The molecule has 0 bridgehead atoms. The van der Waals surface area contributed by atoms with E-state index in [1.54, 1.807) is 60.1 Å². The monoisotopic (exact) mass is 798 g/mol. The number of rotatable bonds is 12. The van der Waals surface area contributed by atoms with Gasteiger partial charge in [0, 0.05) is 97.6 Å². The predicted octanol–water partition coefficient (Wildman–Crippen LogP) is 6.19. The Bertz CT molecular complexity index is 2050. The number of hydrogen-bond acceptors (Lipinski definition) is 12. The van der Waals surface area contributed by atoms with Crippen LogP contribution in [0.1, 0.15) is 23.5 Å². The number of fused-ring (bicyclic) bond motifs is 1. The van der Waals surface area contributed by atoms with Crippen LogP contribution in [0.15, 0.2) is 78.1 Å². The zero-order chi connectivity index (χ0) is 34.5. The van der Waals surface area contributed by atoms with Gasteiger partial charge in [0.2, 0.25) is 5.82 Å². The summed E-state index contributed by atoms with van der Waals surface area (Å²) >= 11 is 2.10. The number of hydrogen-bond donors (Lipinski definition) is 0. The van der Waals surface area contributed by atoms with Gasteiger partial charge in [0.15, 0.2) is 0 Å². The van der Waals surface area contributed by atoms with Gasteiger partial charge in [-0.25, -0.2) is 14.8 Å². The van der Waals surface area contributed by atoms with E-state index in [1.807, 2.05) is 12.1 Å². The van der Waals surface area contributed by atoms with Crippen LogP contribution in [0.3, 0.4) is 0 Å². The average molecular weight is 799 g/mol. The molecule has 1 aliphatic heterocycles. The fourth-order valence-corrected chi connectivity index (χ4v) is 6.96. The third-order valence-electron chi connectivity index (χ3n) is 8.08. The molecule has 4 heterocycles. The van der Waals surface area contributed by atoms with Crippen molar-refractivity contribution in [2.75, 3.05) is 38.3 Å². The van der Waals surface area contributed by atoms with E-state index in [0.717, 1.165) is 31.6 Å². The lowest BCUT2D eigenvalue weighted by Crippen LogP contribution is -2.37. The molecule has 0 amide bonds. The number of ether oxygens (including phenoxy) is 4. The van der Waals surface area contributed by atoms with Gasteiger partial charge in [0.05, 0.1) is 42.8 Å². The lowest BCUT2D eigenvalue weighted by atomic mass is 10.0. The highest BCUT2D eigenvalue weighted by atomic mass is 127. The van der Waals surface area contributed by atoms with Crippen LogP contribution in [0.5, 0.6) is 17.2 Å². The number of nitrogens with zero attached hydrogens (tertiary/aromatic N) is 6. The first-order valence-corrected chi connectivity index (χ1v) is 18.5. The van der Waals surface area contributed by atoms with E-state index in [9.17, 15) is 19.7 Å². The van der Waals surface area contributed by atoms with Gasteiger partial charge in [-0.1, -0.05) is 6.07 Å². The Morgan fingerprint density at radius 2 is 1.82 bits per heavy atom. The van der Waals surface area contributed by atoms with Crippen molar-refractivity contribution in [3.8, 4) is 28.4 Å². The Labute approximate surface area is 296 Å². The summed E-state index contributed by atoms with van der Waals surface area (Å²) in [6.07, 6.45) is 8.44. The summed E-state index contributed by atoms with van der Waals surface area (Å²) in [5.74, 6) is 0.905. The quantitative estimate of drug-likeness (QED) is 0.0465. The van der Waals surface area contributed by atoms with Crippen LogP contribution < -0.4 is 19.9 Å². The number of nitro benzene ring substituents is 1. The maximum absolute atomic E-state index is 13.0. The third kappa shape index (κ3) is 7.65. The van der Waals surface area contributed by atoms with Gasteiger partial charge >= 0.3 is 5.97 Å². The molecule has 1 aliphatic rings. The van der Waals surface area contributed by atoms with E-state index < -0.39 is 10.9 Å². The van der Waals surface area contributed by atoms with Crippen molar-refractivity contribution in [3.05, 3.63) is 99.6 Å². The van der Waals surface area contributed by atoms with Crippen LogP contribution in [0.4, 0.5) is 11.4 Å². The van der Waals surface area contributed by atoms with Gasteiger partial charge in [-0.3, -0.25) is 18.9 Å². The zero-order valence-corrected chi connectivity index (χ0v) is 29.5. The van der Waals surface area contributed by atoms with Crippen molar-refractivity contribution in [1.82, 2.24) is 18.5 Å². The Kier molecular flexibility index (Phi) is 10.6. The van der Waals surface area contributed by atoms with Crippen LogP contribution in [-0.4, -0.2) is 68.9 Å². The normalized spacial score (nSPS) is 13.4. The second kappa shape index (κ2) is 15.3. The van der Waals surface area contributed by atoms with E-state index in [-0.39, 0.29) is 23.2 Å². The topological polar surface area (TPSA) is 153 Å². The minimum atomic E-state index is -0.569. The predicted molar refractivity (Wildman–Crippen MR) is 193 cm³/mol. The Balaban J connectivity index is 1.08. The Hall–Kier alpha value is -4.68. The molecule has 6 rings (SSSR count). The molecular formula is C33H31IN6O8S. The van der Waals surface area contributed by atoms with Gasteiger partial charge in [-0.05, 0) is 37.1 Å². The van der Waals surface area contributed by atoms with Gasteiger partial charge in [-0.2, -0.15) is 0 Å². The highest BCUT2D eigenvalue weighted by Crippen LogP contribution is 2.40. The smallest absolute Gasteiger partial charge is 0.376 e. The van der Waals surface area contributed by atoms with Gasteiger partial charge < -0.3 is 28.4 Å². The molecule has 3 aromatic heterocycles. The number of halogens is 1. The number of aryl methyl sites for hydroxylation is 1. The van der Waals surface area contributed by atoms with E-state index >= 15 is 0 Å². The van der Waals surface area contributed by atoms with Crippen LogP contribution >= 0.6 is 30.3 Å². The average Bonchev–Trinajstić information content (AvgIpc) is 3.57. The number of carbonyl (C=O) groups excluding carboxylic acids is 1. The molecule has 16 heteroatoms. The molecule has 254 valence electrons. The number of methoxy groups -OCH3 is 1. The number of pyridine rings is 1. The van der Waals surface area contributed by atoms with Crippen molar-refractivity contribution in [2.24, 2.45) is 7.05 Å². The highest BCUT2D eigenvalue weighted by molar-refractivity contribution is 14.2. The molecule has 1 saturated heterocycles. The molecule has 0 spiro atoms. The molecule has 14 nitrogen and oxygen atoms in total. The van der Waals surface area contributed by atoms with Crippen LogP contribution in [0.2, 0.25) is 0 Å². The van der Waals surface area contributed by atoms with E-state index in [1.165, 1.54) is 32.9 Å². The maximum atomic E-state index is 13.0. The lowest BCUT2D eigenvalue weighted by Gasteiger charge is -2.33. The van der Waals surface area contributed by atoms with Crippen molar-refractivity contribution in [1.29, 1.82) is 0 Å². The van der Waals surface area contributed by atoms with Crippen LogP contribution in [0.25, 0.3) is 22.0 Å². The van der Waals surface area contributed by atoms with Gasteiger partial charge in [0.25, 0.3) is 11.2 Å². The molecule has 0 unspecified atom stereocenters. The van der Waals surface area contributed by atoms with E-state index in [4.69, 9.17) is 14.2 Å². The second-order valence-corrected chi connectivity index (χ2v) is 12.8. The molecule has 49 heavy (non-hydrogen) atoms. The lowest BCUT2D eigenvalue weighted by molar-refractivity contribution is -0.384. The summed E-state index contributed by atoms with van der Waals surface area (Å²) in [6.45, 7) is 2.27.